The maximum Gasteiger partial charge on any atom is 0.255 e. The second-order valence-corrected chi connectivity index (χ2v) is 5.13. The summed E-state index contributed by atoms with van der Waals surface area (Å²) >= 11 is 17.5. The zero-order valence-electron chi connectivity index (χ0n) is 9.58. The quantitative estimate of drug-likeness (QED) is 0.803. The Balaban J connectivity index is 2.22. The van der Waals surface area contributed by atoms with Gasteiger partial charge in [0, 0.05) is 21.3 Å². The molecule has 0 aliphatic carbocycles. The average molecular weight is 316 g/mol. The van der Waals surface area contributed by atoms with E-state index in [9.17, 15) is 4.79 Å². The number of rotatable bonds is 2. The van der Waals surface area contributed by atoms with E-state index in [0.29, 0.717) is 32.0 Å². The normalized spacial score (nSPS) is 10.3. The molecule has 0 fully saturated rings. The summed E-state index contributed by atoms with van der Waals surface area (Å²) in [6.45, 7) is 0. The van der Waals surface area contributed by atoms with Gasteiger partial charge in [-0.15, -0.1) is 0 Å². The molecule has 2 rings (SSSR count). The maximum absolute atomic E-state index is 12.0. The zero-order chi connectivity index (χ0) is 14.0. The summed E-state index contributed by atoms with van der Waals surface area (Å²) in [6.07, 6.45) is 0. The van der Waals surface area contributed by atoms with Gasteiger partial charge in [-0.25, -0.2) is 0 Å². The number of nitrogens with two attached hydrogens (primary N) is 1. The van der Waals surface area contributed by atoms with E-state index < -0.39 is 0 Å². The van der Waals surface area contributed by atoms with Crippen molar-refractivity contribution in [1.82, 2.24) is 0 Å². The van der Waals surface area contributed by atoms with Crippen LogP contribution in [0.4, 0.5) is 11.4 Å². The van der Waals surface area contributed by atoms with Gasteiger partial charge >= 0.3 is 0 Å². The molecule has 0 aliphatic heterocycles. The number of nitrogen functional groups attached to an aromatic ring is 1. The summed E-state index contributed by atoms with van der Waals surface area (Å²) < 4.78 is 0. The van der Waals surface area contributed by atoms with Crippen LogP contribution in [0.3, 0.4) is 0 Å². The molecule has 3 nitrogen and oxygen atoms in total. The average Bonchev–Trinajstić information content (AvgIpc) is 2.31. The molecule has 2 aromatic carbocycles. The van der Waals surface area contributed by atoms with Crippen molar-refractivity contribution in [2.24, 2.45) is 0 Å². The minimum Gasteiger partial charge on any atom is -0.398 e. The first-order valence-electron chi connectivity index (χ1n) is 5.28. The second-order valence-electron chi connectivity index (χ2n) is 3.85. The molecular weight excluding hydrogens is 307 g/mol. The van der Waals surface area contributed by atoms with E-state index >= 15 is 0 Å². The van der Waals surface area contributed by atoms with Gasteiger partial charge in [0.25, 0.3) is 5.91 Å². The van der Waals surface area contributed by atoms with Crippen molar-refractivity contribution in [2.45, 2.75) is 0 Å². The van der Waals surface area contributed by atoms with Crippen LogP contribution in [0.2, 0.25) is 15.1 Å². The molecule has 0 bridgehead atoms. The van der Waals surface area contributed by atoms with Crippen molar-refractivity contribution in [1.29, 1.82) is 0 Å². The Labute approximate surface area is 125 Å². The Morgan fingerprint density at radius 2 is 1.63 bits per heavy atom. The Morgan fingerprint density at radius 1 is 1.00 bits per heavy atom. The van der Waals surface area contributed by atoms with Gasteiger partial charge in [-0.05, 0) is 36.4 Å². The van der Waals surface area contributed by atoms with Crippen molar-refractivity contribution in [3.63, 3.8) is 0 Å². The molecule has 98 valence electrons. The predicted molar refractivity (Wildman–Crippen MR) is 80.3 cm³/mol. The van der Waals surface area contributed by atoms with E-state index in [0.717, 1.165) is 0 Å². The Hall–Kier alpha value is -1.42. The van der Waals surface area contributed by atoms with Crippen LogP contribution < -0.4 is 11.1 Å². The minimum atomic E-state index is -0.318. The molecule has 1 amide bonds. The number of carbonyl (C=O) groups excluding carboxylic acids is 1. The molecule has 0 saturated carbocycles. The molecule has 0 unspecified atom stereocenters. The first kappa shape index (κ1) is 14.0. The van der Waals surface area contributed by atoms with Gasteiger partial charge in [0.2, 0.25) is 0 Å². The third-order valence-electron chi connectivity index (χ3n) is 2.38. The molecule has 2 aromatic rings. The minimum absolute atomic E-state index is 0.318. The molecule has 19 heavy (non-hydrogen) atoms. The molecule has 0 aromatic heterocycles. The third kappa shape index (κ3) is 3.53. The van der Waals surface area contributed by atoms with Gasteiger partial charge in [0.15, 0.2) is 0 Å². The highest BCUT2D eigenvalue weighted by Crippen LogP contribution is 2.24. The van der Waals surface area contributed by atoms with E-state index in [4.69, 9.17) is 40.5 Å². The fraction of sp³-hybridized carbons (Fsp3) is 0. The summed E-state index contributed by atoms with van der Waals surface area (Å²) in [7, 11) is 0. The van der Waals surface area contributed by atoms with Gasteiger partial charge in [-0.1, -0.05) is 34.8 Å². The van der Waals surface area contributed by atoms with Crippen molar-refractivity contribution in [3.8, 4) is 0 Å². The van der Waals surface area contributed by atoms with Gasteiger partial charge < -0.3 is 11.1 Å². The molecular formula is C13H9Cl3N2O. The fourth-order valence-electron chi connectivity index (χ4n) is 1.51. The number of carbonyl (C=O) groups is 1. The SMILES string of the molecule is Nc1cc(C(=O)Nc2cc(Cl)cc(Cl)c2)ccc1Cl. The molecule has 6 heteroatoms. The van der Waals surface area contributed by atoms with E-state index in [1.54, 1.807) is 30.3 Å². The zero-order valence-corrected chi connectivity index (χ0v) is 11.9. The largest absolute Gasteiger partial charge is 0.398 e. The monoisotopic (exact) mass is 314 g/mol. The van der Waals surface area contributed by atoms with Crippen molar-refractivity contribution >= 4 is 52.1 Å². The van der Waals surface area contributed by atoms with E-state index in [1.807, 2.05) is 0 Å². The molecule has 0 heterocycles. The van der Waals surface area contributed by atoms with Crippen LogP contribution in [0.1, 0.15) is 10.4 Å². The Kier molecular flexibility index (Phi) is 4.20. The number of halogens is 3. The van der Waals surface area contributed by atoms with E-state index in [1.165, 1.54) is 6.07 Å². The molecule has 0 spiro atoms. The number of benzene rings is 2. The molecule has 0 saturated heterocycles. The van der Waals surface area contributed by atoms with E-state index in [-0.39, 0.29) is 5.91 Å². The number of hydrogen-bond acceptors (Lipinski definition) is 2. The van der Waals surface area contributed by atoms with E-state index in [2.05, 4.69) is 5.32 Å². The predicted octanol–water partition coefficient (Wildman–Crippen LogP) is 4.48. The highest BCUT2D eigenvalue weighted by atomic mass is 35.5. The topological polar surface area (TPSA) is 55.1 Å². The summed E-state index contributed by atoms with van der Waals surface area (Å²) in [5.74, 6) is -0.318. The summed E-state index contributed by atoms with van der Waals surface area (Å²) in [5, 5.41) is 3.97. The number of anilines is 2. The molecule has 3 N–H and O–H groups in total. The van der Waals surface area contributed by atoms with Gasteiger partial charge in [-0.3, -0.25) is 4.79 Å². The summed E-state index contributed by atoms with van der Waals surface area (Å²) in [6, 6.07) is 9.44. The van der Waals surface area contributed by atoms with Crippen LogP contribution in [0, 0.1) is 0 Å². The van der Waals surface area contributed by atoms with Crippen LogP contribution >= 0.6 is 34.8 Å². The first-order valence-corrected chi connectivity index (χ1v) is 6.41. The summed E-state index contributed by atoms with van der Waals surface area (Å²) in [4.78, 5) is 12.0. The lowest BCUT2D eigenvalue weighted by atomic mass is 10.2. The smallest absolute Gasteiger partial charge is 0.255 e. The number of hydrogen-bond donors (Lipinski definition) is 2. The lowest BCUT2D eigenvalue weighted by Crippen LogP contribution is -2.12. The third-order valence-corrected chi connectivity index (χ3v) is 3.16. The second kappa shape index (κ2) is 5.70. The highest BCUT2D eigenvalue weighted by molar-refractivity contribution is 6.35. The van der Waals surface area contributed by atoms with Crippen molar-refractivity contribution in [3.05, 3.63) is 57.0 Å². The van der Waals surface area contributed by atoms with Gasteiger partial charge in [0.05, 0.1) is 10.7 Å². The highest BCUT2D eigenvalue weighted by Gasteiger charge is 2.09. The fourth-order valence-corrected chi connectivity index (χ4v) is 2.16. The standard InChI is InChI=1S/C13H9Cl3N2O/c14-8-4-9(15)6-10(5-8)18-13(19)7-1-2-11(16)12(17)3-7/h1-6H,17H2,(H,18,19). The lowest BCUT2D eigenvalue weighted by Gasteiger charge is -2.07. The lowest BCUT2D eigenvalue weighted by molar-refractivity contribution is 0.102. The Morgan fingerprint density at radius 3 is 2.21 bits per heavy atom. The number of nitrogens with one attached hydrogen (secondary N) is 1. The van der Waals surface area contributed by atoms with Gasteiger partial charge in [-0.2, -0.15) is 0 Å². The Bertz CT molecular complexity index is 624. The van der Waals surface area contributed by atoms with Crippen LogP contribution in [0.5, 0.6) is 0 Å². The molecule has 0 radical (unpaired) electrons. The van der Waals surface area contributed by atoms with Crippen molar-refractivity contribution < 1.29 is 4.79 Å². The molecule has 0 aliphatic rings. The van der Waals surface area contributed by atoms with Gasteiger partial charge in [0.1, 0.15) is 0 Å². The first-order chi connectivity index (χ1) is 8.95. The van der Waals surface area contributed by atoms with Crippen LogP contribution in [-0.2, 0) is 0 Å². The summed E-state index contributed by atoms with van der Waals surface area (Å²) in [5.41, 5.74) is 6.90. The molecule has 0 atom stereocenters. The van der Waals surface area contributed by atoms with Crippen LogP contribution in [-0.4, -0.2) is 5.91 Å². The van der Waals surface area contributed by atoms with Crippen LogP contribution in [0.25, 0.3) is 0 Å². The number of amides is 1. The maximum atomic E-state index is 12.0. The van der Waals surface area contributed by atoms with Crippen LogP contribution in [0.15, 0.2) is 36.4 Å². The van der Waals surface area contributed by atoms with Crippen molar-refractivity contribution in [2.75, 3.05) is 11.1 Å².